The van der Waals surface area contributed by atoms with Crippen molar-refractivity contribution in [3.8, 4) is 11.5 Å². The summed E-state index contributed by atoms with van der Waals surface area (Å²) < 4.78 is 12.9. The van der Waals surface area contributed by atoms with E-state index in [2.05, 4.69) is 54.9 Å². The zero-order valence-electron chi connectivity index (χ0n) is 25.6. The van der Waals surface area contributed by atoms with Crippen molar-refractivity contribution in [1.29, 1.82) is 0 Å². The Morgan fingerprint density at radius 2 is 1.63 bits per heavy atom. The molecule has 2 unspecified atom stereocenters. The van der Waals surface area contributed by atoms with Crippen molar-refractivity contribution < 1.29 is 23.5 Å². The summed E-state index contributed by atoms with van der Waals surface area (Å²) in [4.78, 5) is 28.0. The predicted octanol–water partition coefficient (Wildman–Crippen LogP) is 6.37. The lowest BCUT2D eigenvalue weighted by Crippen LogP contribution is -2.37. The van der Waals surface area contributed by atoms with E-state index in [-0.39, 0.29) is 17.9 Å². The number of carbonyl (C=O) groups excluding carboxylic acids is 2. The number of ether oxygens (including phenoxy) is 2. The second kappa shape index (κ2) is 14.8. The van der Waals surface area contributed by atoms with Crippen LogP contribution in [0.2, 0.25) is 0 Å². The highest BCUT2D eigenvalue weighted by atomic mass is 16.5. The molecule has 38 heavy (non-hydrogen) atoms. The zero-order valence-corrected chi connectivity index (χ0v) is 25.6. The molecule has 0 radical (unpaired) electrons. The highest BCUT2D eigenvalue weighted by molar-refractivity contribution is 5.76. The van der Waals surface area contributed by atoms with Gasteiger partial charge in [0.1, 0.15) is 11.5 Å². The van der Waals surface area contributed by atoms with Gasteiger partial charge in [0.2, 0.25) is 0 Å². The van der Waals surface area contributed by atoms with Gasteiger partial charge in [0.25, 0.3) is 0 Å². The fourth-order valence-corrected chi connectivity index (χ4v) is 5.10. The molecule has 2 rings (SSSR count). The number of unbranched alkanes of at least 4 members (excludes halogenated alkanes) is 2. The first-order valence-electron chi connectivity index (χ1n) is 14.5. The SMILES string of the molecule is CCCCCc1cc(OC(=O)CCN(C)C)c(C2C=C(C)CCC2C(C)C)c(OC(=O)CC[N+](C)(C)C)c1. The number of quaternary nitrogens is 1. The summed E-state index contributed by atoms with van der Waals surface area (Å²) in [6.07, 6.45) is 9.20. The summed E-state index contributed by atoms with van der Waals surface area (Å²) in [5.41, 5.74) is 3.22. The Bertz CT molecular complexity index is 959. The topological polar surface area (TPSA) is 55.8 Å². The van der Waals surface area contributed by atoms with Gasteiger partial charge in [-0.25, -0.2) is 0 Å². The number of esters is 2. The molecule has 0 saturated heterocycles. The summed E-state index contributed by atoms with van der Waals surface area (Å²) >= 11 is 0. The second-order valence-corrected chi connectivity index (χ2v) is 12.7. The molecule has 6 heteroatoms. The van der Waals surface area contributed by atoms with Gasteiger partial charge < -0.3 is 18.9 Å². The number of benzene rings is 1. The van der Waals surface area contributed by atoms with Crippen LogP contribution in [0.1, 0.15) is 89.7 Å². The van der Waals surface area contributed by atoms with Gasteiger partial charge in [-0.1, -0.05) is 45.3 Å². The molecule has 0 amide bonds. The molecule has 0 N–H and O–H groups in total. The van der Waals surface area contributed by atoms with E-state index in [9.17, 15) is 9.59 Å². The molecular weight excluding hydrogens is 476 g/mol. The van der Waals surface area contributed by atoms with Crippen molar-refractivity contribution in [3.05, 3.63) is 34.9 Å². The molecule has 1 aliphatic rings. The van der Waals surface area contributed by atoms with Crippen LogP contribution < -0.4 is 9.47 Å². The highest BCUT2D eigenvalue weighted by Crippen LogP contribution is 2.48. The minimum Gasteiger partial charge on any atom is -0.426 e. The second-order valence-electron chi connectivity index (χ2n) is 12.7. The molecule has 6 nitrogen and oxygen atoms in total. The van der Waals surface area contributed by atoms with Gasteiger partial charge in [-0.2, -0.15) is 0 Å². The molecule has 0 fully saturated rings. The van der Waals surface area contributed by atoms with Crippen LogP contribution in [-0.2, 0) is 16.0 Å². The first-order valence-corrected chi connectivity index (χ1v) is 14.5. The third-order valence-corrected chi connectivity index (χ3v) is 7.42. The minimum absolute atomic E-state index is 0.0197. The van der Waals surface area contributed by atoms with Crippen LogP contribution in [0.3, 0.4) is 0 Å². The van der Waals surface area contributed by atoms with Gasteiger partial charge in [-0.15, -0.1) is 0 Å². The summed E-state index contributed by atoms with van der Waals surface area (Å²) in [5, 5.41) is 0. The van der Waals surface area contributed by atoms with Crippen LogP contribution in [0.5, 0.6) is 11.5 Å². The van der Waals surface area contributed by atoms with E-state index >= 15 is 0 Å². The van der Waals surface area contributed by atoms with Gasteiger partial charge in [-0.05, 0) is 76.2 Å². The van der Waals surface area contributed by atoms with Crippen molar-refractivity contribution in [2.75, 3.05) is 48.3 Å². The van der Waals surface area contributed by atoms with Gasteiger partial charge >= 0.3 is 11.9 Å². The summed E-state index contributed by atoms with van der Waals surface area (Å²) in [5.74, 6) is 1.44. The standard InChI is InChI=1S/C32H53N2O4/c1-10-11-12-13-25-21-28(37-30(35)16-18-33(5)6)32(27-20-24(4)14-15-26(27)23(2)3)29(22-25)38-31(36)17-19-34(7,8)9/h20-23,26-27H,10-19H2,1-9H3/q+1. The van der Waals surface area contributed by atoms with Crippen molar-refractivity contribution in [2.45, 2.75) is 85.0 Å². The number of allylic oxidation sites excluding steroid dienone is 2. The fraction of sp³-hybridized carbons (Fsp3) is 0.688. The molecule has 1 aliphatic carbocycles. The molecule has 0 spiro atoms. The molecule has 1 aromatic rings. The van der Waals surface area contributed by atoms with E-state index in [1.165, 1.54) is 5.57 Å². The molecule has 0 heterocycles. The lowest BCUT2D eigenvalue weighted by atomic mass is 9.71. The van der Waals surface area contributed by atoms with E-state index in [4.69, 9.17) is 9.47 Å². The summed E-state index contributed by atoms with van der Waals surface area (Å²) in [6, 6.07) is 4.05. The van der Waals surface area contributed by atoms with Gasteiger partial charge in [-0.3, -0.25) is 9.59 Å². The van der Waals surface area contributed by atoms with E-state index in [1.807, 2.05) is 31.1 Å². The zero-order chi connectivity index (χ0) is 28.5. The van der Waals surface area contributed by atoms with Gasteiger partial charge in [0.05, 0.1) is 40.5 Å². The Balaban J connectivity index is 2.60. The molecule has 0 aromatic heterocycles. The van der Waals surface area contributed by atoms with E-state index in [0.29, 0.717) is 53.7 Å². The molecule has 214 valence electrons. The average molecular weight is 530 g/mol. The van der Waals surface area contributed by atoms with Crippen molar-refractivity contribution in [3.63, 3.8) is 0 Å². The lowest BCUT2D eigenvalue weighted by molar-refractivity contribution is -0.869. The Hall–Kier alpha value is -2.18. The molecule has 0 saturated carbocycles. The summed E-state index contributed by atoms with van der Waals surface area (Å²) in [7, 11) is 10.1. The number of hydrogen-bond donors (Lipinski definition) is 0. The molecular formula is C32H53N2O4+. The molecule has 1 aromatic carbocycles. The molecule has 0 bridgehead atoms. The summed E-state index contributed by atoms with van der Waals surface area (Å²) in [6.45, 7) is 10.2. The third-order valence-electron chi connectivity index (χ3n) is 7.42. The van der Waals surface area contributed by atoms with Crippen LogP contribution >= 0.6 is 0 Å². The quantitative estimate of drug-likeness (QED) is 0.0921. The van der Waals surface area contributed by atoms with E-state index < -0.39 is 0 Å². The number of nitrogens with zero attached hydrogens (tertiary/aromatic N) is 2. The maximum Gasteiger partial charge on any atom is 0.316 e. The normalized spacial score (nSPS) is 18.0. The van der Waals surface area contributed by atoms with Crippen LogP contribution in [0.4, 0.5) is 0 Å². The van der Waals surface area contributed by atoms with Gasteiger partial charge in [0, 0.05) is 18.0 Å². The van der Waals surface area contributed by atoms with Crippen molar-refractivity contribution in [2.24, 2.45) is 11.8 Å². The molecule has 2 atom stereocenters. The van der Waals surface area contributed by atoms with Crippen LogP contribution in [0, 0.1) is 11.8 Å². The fourth-order valence-electron chi connectivity index (χ4n) is 5.10. The minimum atomic E-state index is -0.259. The first-order chi connectivity index (χ1) is 17.8. The van der Waals surface area contributed by atoms with Crippen LogP contribution in [0.25, 0.3) is 0 Å². The number of aryl methyl sites for hydroxylation is 1. The number of rotatable bonds is 14. The van der Waals surface area contributed by atoms with Crippen LogP contribution in [0.15, 0.2) is 23.8 Å². The Morgan fingerprint density at radius 3 is 2.16 bits per heavy atom. The molecule has 0 aliphatic heterocycles. The number of hydrogen-bond acceptors (Lipinski definition) is 5. The average Bonchev–Trinajstić information content (AvgIpc) is 2.81. The Kier molecular flexibility index (Phi) is 12.5. The van der Waals surface area contributed by atoms with Crippen molar-refractivity contribution in [1.82, 2.24) is 4.90 Å². The largest absolute Gasteiger partial charge is 0.426 e. The smallest absolute Gasteiger partial charge is 0.316 e. The van der Waals surface area contributed by atoms with Crippen molar-refractivity contribution >= 4 is 11.9 Å². The lowest BCUT2D eigenvalue weighted by Gasteiger charge is -2.34. The van der Waals surface area contributed by atoms with Crippen LogP contribution in [-0.4, -0.2) is 69.6 Å². The maximum atomic E-state index is 13.1. The monoisotopic (exact) mass is 529 g/mol. The maximum absolute atomic E-state index is 13.1. The highest BCUT2D eigenvalue weighted by Gasteiger charge is 2.33. The predicted molar refractivity (Wildman–Crippen MR) is 156 cm³/mol. The number of carbonyl (C=O) groups is 2. The first kappa shape index (κ1) is 32.0. The van der Waals surface area contributed by atoms with E-state index in [0.717, 1.165) is 49.7 Å². The third kappa shape index (κ3) is 10.5. The van der Waals surface area contributed by atoms with E-state index in [1.54, 1.807) is 0 Å². The Morgan fingerprint density at radius 1 is 1.03 bits per heavy atom. The Labute approximate surface area is 232 Å². The van der Waals surface area contributed by atoms with Gasteiger partial charge in [0.15, 0.2) is 0 Å².